The average molecular weight is 514 g/mol. The van der Waals surface area contributed by atoms with Gasteiger partial charge in [0.2, 0.25) is 0 Å². The number of benzene rings is 3. The lowest BCUT2D eigenvalue weighted by Crippen LogP contribution is -2.13. The van der Waals surface area contributed by atoms with Crippen molar-refractivity contribution in [3.63, 3.8) is 0 Å². The number of nitriles is 1. The Morgan fingerprint density at radius 3 is 2.50 bits per heavy atom. The van der Waals surface area contributed by atoms with E-state index < -0.39 is 5.91 Å². The van der Waals surface area contributed by atoms with Crippen LogP contribution in [-0.4, -0.2) is 18.1 Å². The van der Waals surface area contributed by atoms with Crippen LogP contribution in [0.5, 0.6) is 17.2 Å². The number of phenols is 1. The van der Waals surface area contributed by atoms with E-state index in [9.17, 15) is 15.2 Å². The van der Waals surface area contributed by atoms with Crippen LogP contribution in [-0.2, 0) is 11.4 Å². The maximum absolute atomic E-state index is 12.5. The van der Waals surface area contributed by atoms with Crippen molar-refractivity contribution < 1.29 is 19.4 Å². The summed E-state index contributed by atoms with van der Waals surface area (Å²) in [5.41, 5.74) is 1.77. The van der Waals surface area contributed by atoms with Crippen LogP contribution in [0.2, 0.25) is 5.02 Å². The van der Waals surface area contributed by atoms with Crippen molar-refractivity contribution >= 4 is 45.2 Å². The molecule has 0 aromatic heterocycles. The standard InChI is InChI=1S/C24H18BrClN2O4/c1-31-22-12-16(10-17(13-27)24(30)28-19-6-8-20(29)9-7-19)11-21(26)23(22)32-14-15-2-4-18(25)5-3-15/h2-12,29H,14H2,1H3,(H,28,30)/b17-10+. The molecule has 3 rings (SSSR count). The smallest absolute Gasteiger partial charge is 0.266 e. The molecular formula is C24H18BrClN2O4. The van der Waals surface area contributed by atoms with E-state index in [2.05, 4.69) is 21.2 Å². The zero-order valence-corrected chi connectivity index (χ0v) is 19.3. The largest absolute Gasteiger partial charge is 0.508 e. The van der Waals surface area contributed by atoms with Gasteiger partial charge in [0.25, 0.3) is 5.91 Å². The molecule has 0 unspecified atom stereocenters. The number of phenolic OH excluding ortho intramolecular Hbond substituents is 1. The van der Waals surface area contributed by atoms with Crippen LogP contribution in [0.3, 0.4) is 0 Å². The topological polar surface area (TPSA) is 91.6 Å². The molecule has 0 aliphatic carbocycles. The molecule has 0 fully saturated rings. The van der Waals surface area contributed by atoms with Gasteiger partial charge in [-0.2, -0.15) is 5.26 Å². The molecule has 0 bridgehead atoms. The van der Waals surface area contributed by atoms with E-state index in [4.69, 9.17) is 21.1 Å². The molecule has 0 saturated heterocycles. The number of methoxy groups -OCH3 is 1. The van der Waals surface area contributed by atoms with Gasteiger partial charge in [-0.25, -0.2) is 0 Å². The first-order chi connectivity index (χ1) is 15.4. The number of ether oxygens (including phenoxy) is 2. The maximum atomic E-state index is 12.5. The Morgan fingerprint density at radius 1 is 1.19 bits per heavy atom. The van der Waals surface area contributed by atoms with E-state index in [1.807, 2.05) is 30.3 Å². The van der Waals surface area contributed by atoms with E-state index in [0.29, 0.717) is 22.7 Å². The molecule has 8 heteroatoms. The van der Waals surface area contributed by atoms with Gasteiger partial charge in [0, 0.05) is 10.2 Å². The van der Waals surface area contributed by atoms with Gasteiger partial charge in [0.05, 0.1) is 12.1 Å². The first-order valence-electron chi connectivity index (χ1n) is 9.36. The average Bonchev–Trinajstić information content (AvgIpc) is 2.79. The van der Waals surface area contributed by atoms with E-state index in [1.165, 1.54) is 37.5 Å². The normalized spacial score (nSPS) is 10.9. The Kier molecular flexibility index (Phi) is 7.77. The highest BCUT2D eigenvalue weighted by Crippen LogP contribution is 2.37. The number of nitrogens with zero attached hydrogens (tertiary/aromatic N) is 1. The van der Waals surface area contributed by atoms with Gasteiger partial charge in [-0.3, -0.25) is 4.79 Å². The fraction of sp³-hybridized carbons (Fsp3) is 0.0833. The van der Waals surface area contributed by atoms with Crippen molar-refractivity contribution in [2.75, 3.05) is 12.4 Å². The predicted octanol–water partition coefficient (Wildman–Crippen LogP) is 5.94. The van der Waals surface area contributed by atoms with E-state index in [0.717, 1.165) is 10.0 Å². The summed E-state index contributed by atoms with van der Waals surface area (Å²) in [6, 6.07) is 18.7. The number of halogens is 2. The monoisotopic (exact) mass is 512 g/mol. The molecule has 162 valence electrons. The van der Waals surface area contributed by atoms with Crippen molar-refractivity contribution in [2.24, 2.45) is 0 Å². The molecule has 0 heterocycles. The van der Waals surface area contributed by atoms with Crippen molar-refractivity contribution in [1.82, 2.24) is 0 Å². The van der Waals surface area contributed by atoms with Gasteiger partial charge in [-0.1, -0.05) is 39.7 Å². The molecule has 3 aromatic rings. The second-order valence-corrected chi connectivity index (χ2v) is 7.94. The van der Waals surface area contributed by atoms with Gasteiger partial charge >= 0.3 is 0 Å². The number of amides is 1. The van der Waals surface area contributed by atoms with Crippen molar-refractivity contribution in [3.8, 4) is 23.3 Å². The number of hydrogen-bond acceptors (Lipinski definition) is 5. The number of aromatic hydroxyl groups is 1. The summed E-state index contributed by atoms with van der Waals surface area (Å²) in [6.07, 6.45) is 1.41. The lowest BCUT2D eigenvalue weighted by Gasteiger charge is -2.14. The van der Waals surface area contributed by atoms with Crippen LogP contribution in [0.4, 0.5) is 5.69 Å². The van der Waals surface area contributed by atoms with Crippen molar-refractivity contribution in [1.29, 1.82) is 5.26 Å². The van der Waals surface area contributed by atoms with Crippen molar-refractivity contribution in [2.45, 2.75) is 6.61 Å². The summed E-state index contributed by atoms with van der Waals surface area (Å²) in [4.78, 5) is 12.5. The third kappa shape index (κ3) is 6.03. The molecule has 32 heavy (non-hydrogen) atoms. The second kappa shape index (κ2) is 10.7. The lowest BCUT2D eigenvalue weighted by atomic mass is 10.1. The summed E-state index contributed by atoms with van der Waals surface area (Å²) in [6.45, 7) is 0.289. The second-order valence-electron chi connectivity index (χ2n) is 6.62. The van der Waals surface area contributed by atoms with Crippen LogP contribution in [0.25, 0.3) is 6.08 Å². The number of carbonyl (C=O) groups is 1. The highest BCUT2D eigenvalue weighted by molar-refractivity contribution is 9.10. The minimum Gasteiger partial charge on any atom is -0.508 e. The molecule has 0 saturated carbocycles. The minimum atomic E-state index is -0.594. The third-order valence-electron chi connectivity index (χ3n) is 4.35. The van der Waals surface area contributed by atoms with Gasteiger partial charge in [-0.05, 0) is 65.7 Å². The van der Waals surface area contributed by atoms with Crippen LogP contribution < -0.4 is 14.8 Å². The fourth-order valence-electron chi connectivity index (χ4n) is 2.76. The summed E-state index contributed by atoms with van der Waals surface area (Å²) < 4.78 is 12.2. The number of nitrogens with one attached hydrogen (secondary N) is 1. The molecule has 0 atom stereocenters. The minimum absolute atomic E-state index is 0.0724. The third-order valence-corrected chi connectivity index (χ3v) is 5.16. The number of rotatable bonds is 7. The Labute approximate surface area is 198 Å². The summed E-state index contributed by atoms with van der Waals surface area (Å²) in [5.74, 6) is 0.213. The molecule has 1 amide bonds. The summed E-state index contributed by atoms with van der Waals surface area (Å²) >= 11 is 9.80. The molecule has 2 N–H and O–H groups in total. The highest BCUT2D eigenvalue weighted by atomic mass is 79.9. The van der Waals surface area contributed by atoms with E-state index in [-0.39, 0.29) is 23.0 Å². The zero-order chi connectivity index (χ0) is 23.1. The predicted molar refractivity (Wildman–Crippen MR) is 127 cm³/mol. The molecule has 0 aliphatic rings. The molecule has 6 nitrogen and oxygen atoms in total. The lowest BCUT2D eigenvalue weighted by molar-refractivity contribution is -0.112. The molecule has 0 spiro atoms. The van der Waals surface area contributed by atoms with Crippen LogP contribution in [0, 0.1) is 11.3 Å². The fourth-order valence-corrected chi connectivity index (χ4v) is 3.30. The van der Waals surface area contributed by atoms with Gasteiger partial charge in [-0.15, -0.1) is 0 Å². The molecule has 0 aliphatic heterocycles. The number of anilines is 1. The van der Waals surface area contributed by atoms with Crippen molar-refractivity contribution in [3.05, 3.63) is 86.9 Å². The Morgan fingerprint density at radius 2 is 1.88 bits per heavy atom. The zero-order valence-electron chi connectivity index (χ0n) is 16.9. The van der Waals surface area contributed by atoms with Crippen LogP contribution in [0.15, 0.2) is 70.7 Å². The highest BCUT2D eigenvalue weighted by Gasteiger charge is 2.14. The number of carbonyl (C=O) groups excluding carboxylic acids is 1. The summed E-state index contributed by atoms with van der Waals surface area (Å²) in [5, 5.41) is 21.7. The van der Waals surface area contributed by atoms with E-state index >= 15 is 0 Å². The Hall–Kier alpha value is -3.47. The van der Waals surface area contributed by atoms with Crippen LogP contribution >= 0.6 is 27.5 Å². The van der Waals surface area contributed by atoms with Gasteiger partial charge < -0.3 is 19.9 Å². The quantitative estimate of drug-likeness (QED) is 0.232. The van der Waals surface area contributed by atoms with Gasteiger partial charge in [0.1, 0.15) is 24.0 Å². The SMILES string of the molecule is COc1cc(/C=C(\C#N)C(=O)Nc2ccc(O)cc2)cc(Cl)c1OCc1ccc(Br)cc1. The number of hydrogen-bond donors (Lipinski definition) is 2. The first-order valence-corrected chi connectivity index (χ1v) is 10.5. The molecule has 0 radical (unpaired) electrons. The Balaban J connectivity index is 1.80. The first kappa shape index (κ1) is 23.2. The van der Waals surface area contributed by atoms with Crippen LogP contribution in [0.1, 0.15) is 11.1 Å². The maximum Gasteiger partial charge on any atom is 0.266 e. The van der Waals surface area contributed by atoms with Gasteiger partial charge in [0.15, 0.2) is 11.5 Å². The van der Waals surface area contributed by atoms with E-state index in [1.54, 1.807) is 12.1 Å². The summed E-state index contributed by atoms with van der Waals surface area (Å²) in [7, 11) is 1.48. The molecular weight excluding hydrogens is 496 g/mol. The Bertz CT molecular complexity index is 1190. The molecule has 3 aromatic carbocycles.